The molecule has 1 fully saturated rings. The molecule has 0 bridgehead atoms. The van der Waals surface area contributed by atoms with Gasteiger partial charge in [0.15, 0.2) is 6.29 Å². The summed E-state index contributed by atoms with van der Waals surface area (Å²) < 4.78 is 10.0. The maximum Gasteiger partial charge on any atom is 0.160 e. The van der Waals surface area contributed by atoms with Crippen molar-refractivity contribution in [3.05, 3.63) is 0 Å². The fourth-order valence-corrected chi connectivity index (χ4v) is 0.926. The zero-order valence-electron chi connectivity index (χ0n) is 5.70. The maximum absolute atomic E-state index is 9.09. The van der Waals surface area contributed by atoms with Gasteiger partial charge >= 0.3 is 0 Å². The molecule has 1 aliphatic heterocycles. The second-order valence-electron chi connectivity index (χ2n) is 2.31. The zero-order chi connectivity index (χ0) is 6.85. The van der Waals surface area contributed by atoms with Crippen LogP contribution in [0, 0.1) is 0 Å². The molecule has 3 nitrogen and oxygen atoms in total. The van der Waals surface area contributed by atoms with Crippen LogP contribution < -0.4 is 0 Å². The lowest BCUT2D eigenvalue weighted by atomic mass is 10.2. The van der Waals surface area contributed by atoms with E-state index in [0.29, 0.717) is 6.42 Å². The molecule has 0 aromatic rings. The van der Waals surface area contributed by atoms with Gasteiger partial charge in [0.25, 0.3) is 0 Å². The van der Waals surface area contributed by atoms with E-state index >= 15 is 0 Å². The van der Waals surface area contributed by atoms with E-state index in [9.17, 15) is 0 Å². The molecule has 1 unspecified atom stereocenters. The summed E-state index contributed by atoms with van der Waals surface area (Å²) in [7, 11) is 1.58. The predicted molar refractivity (Wildman–Crippen MR) is 32.0 cm³/mol. The summed E-state index contributed by atoms with van der Waals surface area (Å²) in [6.07, 6.45) is -0.0302. The number of methoxy groups -OCH3 is 1. The van der Waals surface area contributed by atoms with Crippen LogP contribution in [0.15, 0.2) is 0 Å². The van der Waals surface area contributed by atoms with E-state index in [2.05, 4.69) is 0 Å². The number of rotatable bonds is 1. The fourth-order valence-electron chi connectivity index (χ4n) is 0.926. The average Bonchev–Trinajstić information content (AvgIpc) is 2.13. The SMILES string of the molecule is COC1C[C@H](O)[C@@H](C)O1. The van der Waals surface area contributed by atoms with Gasteiger partial charge in [0, 0.05) is 13.5 Å². The van der Waals surface area contributed by atoms with Gasteiger partial charge < -0.3 is 14.6 Å². The fraction of sp³-hybridized carbons (Fsp3) is 1.00. The molecule has 0 saturated carbocycles. The Morgan fingerprint density at radius 1 is 1.67 bits per heavy atom. The van der Waals surface area contributed by atoms with Gasteiger partial charge in [-0.3, -0.25) is 0 Å². The van der Waals surface area contributed by atoms with Crippen molar-refractivity contribution in [2.24, 2.45) is 0 Å². The first-order chi connectivity index (χ1) is 4.24. The first-order valence-corrected chi connectivity index (χ1v) is 3.10. The highest BCUT2D eigenvalue weighted by molar-refractivity contribution is 4.73. The van der Waals surface area contributed by atoms with E-state index in [4.69, 9.17) is 14.6 Å². The topological polar surface area (TPSA) is 38.7 Å². The van der Waals surface area contributed by atoms with Gasteiger partial charge in [-0.05, 0) is 6.92 Å². The number of aliphatic hydroxyl groups is 1. The van der Waals surface area contributed by atoms with Gasteiger partial charge in [-0.2, -0.15) is 0 Å². The van der Waals surface area contributed by atoms with Gasteiger partial charge in [0.1, 0.15) is 0 Å². The number of hydrogen-bond acceptors (Lipinski definition) is 3. The van der Waals surface area contributed by atoms with Crippen molar-refractivity contribution < 1.29 is 14.6 Å². The Labute approximate surface area is 54.6 Å². The standard InChI is InChI=1S/C6H12O3/c1-4-5(7)3-6(8-2)9-4/h4-7H,3H2,1-2H3/t4-,5+,6?/m1/s1. The van der Waals surface area contributed by atoms with Crippen molar-refractivity contribution in [2.75, 3.05) is 7.11 Å². The molecule has 1 aliphatic rings. The quantitative estimate of drug-likeness (QED) is 0.551. The molecule has 1 saturated heterocycles. The lowest BCUT2D eigenvalue weighted by Crippen LogP contribution is -2.15. The van der Waals surface area contributed by atoms with Gasteiger partial charge in [0.05, 0.1) is 12.2 Å². The molecule has 1 N–H and O–H groups in total. The van der Waals surface area contributed by atoms with Crippen LogP contribution in [0.25, 0.3) is 0 Å². The molecule has 0 aliphatic carbocycles. The monoisotopic (exact) mass is 132 g/mol. The molecule has 1 rings (SSSR count). The van der Waals surface area contributed by atoms with Crippen LogP contribution in [0.1, 0.15) is 13.3 Å². The first kappa shape index (κ1) is 6.99. The third-order valence-corrected chi connectivity index (χ3v) is 1.61. The van der Waals surface area contributed by atoms with Crippen LogP contribution >= 0.6 is 0 Å². The van der Waals surface area contributed by atoms with E-state index in [0.717, 1.165) is 0 Å². The van der Waals surface area contributed by atoms with E-state index < -0.39 is 0 Å². The molecule has 3 atom stereocenters. The van der Waals surface area contributed by atoms with Crippen molar-refractivity contribution >= 4 is 0 Å². The highest BCUT2D eigenvalue weighted by Gasteiger charge is 2.29. The van der Waals surface area contributed by atoms with Gasteiger partial charge in [-0.1, -0.05) is 0 Å². The molecule has 1 heterocycles. The molecule has 9 heavy (non-hydrogen) atoms. The number of hydrogen-bond donors (Lipinski definition) is 1. The molecule has 54 valence electrons. The van der Waals surface area contributed by atoms with Crippen LogP contribution in [0.5, 0.6) is 0 Å². The molecular formula is C6H12O3. The van der Waals surface area contributed by atoms with Crippen LogP contribution in [0.3, 0.4) is 0 Å². The first-order valence-electron chi connectivity index (χ1n) is 3.10. The van der Waals surface area contributed by atoms with Gasteiger partial charge in [-0.15, -0.1) is 0 Å². The van der Waals surface area contributed by atoms with E-state index in [1.54, 1.807) is 7.11 Å². The maximum atomic E-state index is 9.09. The minimum atomic E-state index is -0.352. The van der Waals surface area contributed by atoms with Crippen molar-refractivity contribution in [1.82, 2.24) is 0 Å². The normalized spacial score (nSPS) is 43.7. The summed E-state index contributed by atoms with van der Waals surface area (Å²) in [5.74, 6) is 0. The second-order valence-corrected chi connectivity index (χ2v) is 2.31. The molecular weight excluding hydrogens is 120 g/mol. The molecule has 0 aromatic carbocycles. The summed E-state index contributed by atoms with van der Waals surface area (Å²) in [4.78, 5) is 0. The van der Waals surface area contributed by atoms with Crippen LogP contribution in [-0.4, -0.2) is 30.7 Å². The van der Waals surface area contributed by atoms with Crippen LogP contribution in [0.4, 0.5) is 0 Å². The molecule has 0 spiro atoms. The van der Waals surface area contributed by atoms with Gasteiger partial charge in [0.2, 0.25) is 0 Å². The van der Waals surface area contributed by atoms with Crippen molar-refractivity contribution in [3.63, 3.8) is 0 Å². The lowest BCUT2D eigenvalue weighted by molar-refractivity contribution is -0.112. The summed E-state index contributed by atoms with van der Waals surface area (Å²) >= 11 is 0. The minimum Gasteiger partial charge on any atom is -0.390 e. The number of ether oxygens (including phenoxy) is 2. The third kappa shape index (κ3) is 1.41. The Bertz CT molecular complexity index is 84.3. The summed E-state index contributed by atoms with van der Waals surface area (Å²) in [5.41, 5.74) is 0. The van der Waals surface area contributed by atoms with Crippen molar-refractivity contribution in [1.29, 1.82) is 0 Å². The average molecular weight is 132 g/mol. The smallest absolute Gasteiger partial charge is 0.160 e. The second kappa shape index (κ2) is 2.64. The Kier molecular flexibility index (Phi) is 2.05. The van der Waals surface area contributed by atoms with Crippen LogP contribution in [0.2, 0.25) is 0 Å². The summed E-state index contributed by atoms with van der Waals surface area (Å²) in [6.45, 7) is 1.84. The minimum absolute atomic E-state index is 0.0741. The van der Waals surface area contributed by atoms with E-state index in [1.807, 2.05) is 6.92 Å². The highest BCUT2D eigenvalue weighted by Crippen LogP contribution is 2.19. The van der Waals surface area contributed by atoms with Crippen molar-refractivity contribution in [2.45, 2.75) is 31.8 Å². The Balaban J connectivity index is 2.35. The zero-order valence-corrected chi connectivity index (χ0v) is 5.70. The third-order valence-electron chi connectivity index (χ3n) is 1.61. The lowest BCUT2D eigenvalue weighted by Gasteiger charge is -2.06. The molecule has 0 radical (unpaired) electrons. The van der Waals surface area contributed by atoms with Crippen molar-refractivity contribution in [3.8, 4) is 0 Å². The Hall–Kier alpha value is -0.120. The Morgan fingerprint density at radius 2 is 2.33 bits per heavy atom. The summed E-state index contributed by atoms with van der Waals surface area (Å²) in [6, 6.07) is 0. The highest BCUT2D eigenvalue weighted by atomic mass is 16.7. The predicted octanol–water partition coefficient (Wildman–Crippen LogP) is 0.129. The molecule has 0 amide bonds. The Morgan fingerprint density at radius 3 is 2.56 bits per heavy atom. The molecule has 3 heteroatoms. The van der Waals surface area contributed by atoms with E-state index in [-0.39, 0.29) is 18.5 Å². The van der Waals surface area contributed by atoms with E-state index in [1.165, 1.54) is 0 Å². The van der Waals surface area contributed by atoms with Crippen LogP contribution in [-0.2, 0) is 9.47 Å². The number of aliphatic hydroxyl groups excluding tert-OH is 1. The largest absolute Gasteiger partial charge is 0.390 e. The van der Waals surface area contributed by atoms with Gasteiger partial charge in [-0.25, -0.2) is 0 Å². The summed E-state index contributed by atoms with van der Waals surface area (Å²) in [5, 5.41) is 9.09. The molecule has 0 aromatic heterocycles.